The Morgan fingerprint density at radius 3 is 2.75 bits per heavy atom. The summed E-state index contributed by atoms with van der Waals surface area (Å²) in [6, 6.07) is 13.8. The minimum atomic E-state index is -0.304. The molecule has 28 heavy (non-hydrogen) atoms. The number of hydrogen-bond acceptors (Lipinski definition) is 4. The molecule has 0 aliphatic heterocycles. The first-order chi connectivity index (χ1) is 13.6. The summed E-state index contributed by atoms with van der Waals surface area (Å²) in [5, 5.41) is 0. The van der Waals surface area contributed by atoms with Gasteiger partial charge in [-0.15, -0.1) is 0 Å². The van der Waals surface area contributed by atoms with Crippen molar-refractivity contribution >= 4 is 16.9 Å². The fourth-order valence-electron chi connectivity index (χ4n) is 2.97. The lowest BCUT2D eigenvalue weighted by molar-refractivity contribution is -0.130. The molecule has 7 heteroatoms. The van der Waals surface area contributed by atoms with Crippen LogP contribution in [0.25, 0.3) is 22.4 Å². The lowest BCUT2D eigenvalue weighted by atomic mass is 10.2. The lowest BCUT2D eigenvalue weighted by Gasteiger charge is -2.15. The Morgan fingerprint density at radius 2 is 1.96 bits per heavy atom. The maximum atomic E-state index is 13.0. The van der Waals surface area contributed by atoms with E-state index in [2.05, 4.69) is 15.0 Å². The van der Waals surface area contributed by atoms with Crippen LogP contribution in [-0.4, -0.2) is 32.8 Å². The zero-order chi connectivity index (χ0) is 19.5. The molecule has 0 radical (unpaired) electrons. The van der Waals surface area contributed by atoms with Gasteiger partial charge in [-0.05, 0) is 36.4 Å². The number of benzene rings is 2. The molecular formula is C21H19FN4O2. The highest BCUT2D eigenvalue weighted by atomic mass is 19.1. The normalized spacial score (nSPS) is 11.1. The van der Waals surface area contributed by atoms with Crippen molar-refractivity contribution in [2.24, 2.45) is 0 Å². The largest absolute Gasteiger partial charge is 0.441 e. The van der Waals surface area contributed by atoms with Crippen molar-refractivity contribution in [3.8, 4) is 11.3 Å². The van der Waals surface area contributed by atoms with E-state index >= 15 is 0 Å². The number of halogens is 1. The molecule has 2 aromatic heterocycles. The Labute approximate surface area is 161 Å². The summed E-state index contributed by atoms with van der Waals surface area (Å²) >= 11 is 0. The molecule has 6 nitrogen and oxygen atoms in total. The van der Waals surface area contributed by atoms with Crippen LogP contribution < -0.4 is 0 Å². The number of aromatic nitrogens is 3. The molecule has 0 fully saturated rings. The number of aryl methyl sites for hydroxylation is 1. The van der Waals surface area contributed by atoms with Gasteiger partial charge in [-0.3, -0.25) is 4.79 Å². The predicted octanol–water partition coefficient (Wildman–Crippen LogP) is 3.95. The number of carbonyl (C=O) groups excluding carboxylic acids is 1. The van der Waals surface area contributed by atoms with E-state index in [0.29, 0.717) is 24.6 Å². The number of para-hydroxylation sites is 2. The fraction of sp³-hybridized carbons (Fsp3) is 0.190. The molecule has 0 bridgehead atoms. The highest BCUT2D eigenvalue weighted by molar-refractivity contribution is 5.77. The molecule has 2 heterocycles. The van der Waals surface area contributed by atoms with Crippen molar-refractivity contribution in [3.63, 3.8) is 0 Å². The topological polar surface area (TPSA) is 75.0 Å². The van der Waals surface area contributed by atoms with Crippen LogP contribution >= 0.6 is 0 Å². The number of nitrogens with one attached hydrogen (secondary N) is 1. The van der Waals surface area contributed by atoms with Crippen LogP contribution in [0.3, 0.4) is 0 Å². The van der Waals surface area contributed by atoms with Gasteiger partial charge in [0.15, 0.2) is 11.7 Å². The summed E-state index contributed by atoms with van der Waals surface area (Å²) in [5.74, 6) is 1.44. The molecular weight excluding hydrogens is 359 g/mol. The quantitative estimate of drug-likeness (QED) is 0.551. The minimum Gasteiger partial charge on any atom is -0.441 e. The Morgan fingerprint density at radius 1 is 1.18 bits per heavy atom. The van der Waals surface area contributed by atoms with E-state index in [1.54, 1.807) is 30.3 Å². The lowest BCUT2D eigenvalue weighted by Crippen LogP contribution is -2.26. The smallest absolute Gasteiger partial charge is 0.223 e. The van der Waals surface area contributed by atoms with E-state index in [0.717, 1.165) is 22.4 Å². The number of rotatable bonds is 6. The van der Waals surface area contributed by atoms with Crippen molar-refractivity contribution in [2.45, 2.75) is 19.4 Å². The second kappa shape index (κ2) is 7.64. The molecule has 1 N–H and O–H groups in total. The van der Waals surface area contributed by atoms with E-state index in [9.17, 15) is 9.18 Å². The summed E-state index contributed by atoms with van der Waals surface area (Å²) in [7, 11) is 1.75. The highest BCUT2D eigenvalue weighted by Crippen LogP contribution is 2.21. The van der Waals surface area contributed by atoms with Crippen LogP contribution in [-0.2, 0) is 17.8 Å². The number of amides is 1. The van der Waals surface area contributed by atoms with Crippen molar-refractivity contribution in [1.82, 2.24) is 19.9 Å². The monoisotopic (exact) mass is 378 g/mol. The number of aromatic amines is 1. The van der Waals surface area contributed by atoms with Crippen molar-refractivity contribution < 1.29 is 13.6 Å². The molecule has 2 aromatic carbocycles. The van der Waals surface area contributed by atoms with Crippen LogP contribution in [0.2, 0.25) is 0 Å². The number of carbonyl (C=O) groups is 1. The zero-order valence-electron chi connectivity index (χ0n) is 15.4. The van der Waals surface area contributed by atoms with Crippen LogP contribution in [0.5, 0.6) is 0 Å². The van der Waals surface area contributed by atoms with Gasteiger partial charge in [-0.1, -0.05) is 12.1 Å². The number of hydrogen-bond donors (Lipinski definition) is 1. The van der Waals surface area contributed by atoms with Gasteiger partial charge in [0, 0.05) is 25.5 Å². The molecule has 0 atom stereocenters. The summed E-state index contributed by atoms with van der Waals surface area (Å²) in [4.78, 5) is 26.0. The Hall–Kier alpha value is -3.48. The Balaban J connectivity index is 1.34. The van der Waals surface area contributed by atoms with Crippen LogP contribution in [0.15, 0.2) is 59.1 Å². The third-order valence-corrected chi connectivity index (χ3v) is 4.49. The van der Waals surface area contributed by atoms with Gasteiger partial charge in [0.1, 0.15) is 11.6 Å². The van der Waals surface area contributed by atoms with Gasteiger partial charge in [0.05, 0.1) is 23.8 Å². The van der Waals surface area contributed by atoms with Gasteiger partial charge >= 0.3 is 0 Å². The van der Waals surface area contributed by atoms with Gasteiger partial charge in [0.25, 0.3) is 0 Å². The fourth-order valence-corrected chi connectivity index (χ4v) is 2.97. The van der Waals surface area contributed by atoms with E-state index in [4.69, 9.17) is 4.42 Å². The molecule has 0 saturated heterocycles. The van der Waals surface area contributed by atoms with E-state index in [1.807, 2.05) is 24.3 Å². The minimum absolute atomic E-state index is 0.0259. The second-order valence-corrected chi connectivity index (χ2v) is 6.58. The number of fused-ring (bicyclic) bond motifs is 1. The molecule has 142 valence electrons. The molecule has 4 rings (SSSR count). The molecule has 0 aliphatic carbocycles. The van der Waals surface area contributed by atoms with Gasteiger partial charge in [0.2, 0.25) is 5.91 Å². The molecule has 0 unspecified atom stereocenters. The maximum Gasteiger partial charge on any atom is 0.223 e. The highest BCUT2D eigenvalue weighted by Gasteiger charge is 2.14. The molecule has 1 amide bonds. The summed E-state index contributed by atoms with van der Waals surface area (Å²) in [6.45, 7) is 0.403. The van der Waals surface area contributed by atoms with Gasteiger partial charge in [-0.2, -0.15) is 0 Å². The summed E-state index contributed by atoms with van der Waals surface area (Å²) in [6.07, 6.45) is 2.26. The number of oxazole rings is 1. The van der Waals surface area contributed by atoms with E-state index < -0.39 is 0 Å². The average molecular weight is 378 g/mol. The zero-order valence-corrected chi connectivity index (χ0v) is 15.4. The first-order valence-electron chi connectivity index (χ1n) is 8.97. The van der Waals surface area contributed by atoms with Crippen LogP contribution in [0, 0.1) is 5.82 Å². The average Bonchev–Trinajstić information content (AvgIpc) is 3.33. The number of nitrogens with zero attached hydrogens (tertiary/aromatic N) is 3. The molecule has 0 saturated carbocycles. The van der Waals surface area contributed by atoms with E-state index in [-0.39, 0.29) is 18.1 Å². The maximum absolute atomic E-state index is 13.0. The van der Waals surface area contributed by atoms with Crippen molar-refractivity contribution in [2.75, 3.05) is 7.05 Å². The standard InChI is InChI=1S/C21H19FN4O2/c1-26(13-19-24-16-4-2-3-5-17(16)25-19)21(27)11-10-20-23-12-18(28-20)14-6-8-15(22)9-7-14/h2-9,12H,10-11,13H2,1H3,(H,24,25). The molecule has 4 aromatic rings. The van der Waals surface area contributed by atoms with Crippen molar-refractivity contribution in [1.29, 1.82) is 0 Å². The third-order valence-electron chi connectivity index (χ3n) is 4.49. The van der Waals surface area contributed by atoms with Gasteiger partial charge in [-0.25, -0.2) is 14.4 Å². The SMILES string of the molecule is CN(Cc1nc2ccccc2[nH]1)C(=O)CCc1ncc(-c2ccc(F)cc2)o1. The predicted molar refractivity (Wildman–Crippen MR) is 103 cm³/mol. The third kappa shape index (κ3) is 3.93. The Bertz CT molecular complexity index is 1070. The van der Waals surface area contributed by atoms with Crippen LogP contribution in [0.1, 0.15) is 18.1 Å². The van der Waals surface area contributed by atoms with Crippen molar-refractivity contribution in [3.05, 3.63) is 72.3 Å². The summed E-state index contributed by atoms with van der Waals surface area (Å²) < 4.78 is 18.7. The molecule has 0 aliphatic rings. The second-order valence-electron chi connectivity index (χ2n) is 6.58. The van der Waals surface area contributed by atoms with Gasteiger partial charge < -0.3 is 14.3 Å². The summed E-state index contributed by atoms with van der Waals surface area (Å²) in [5.41, 5.74) is 2.58. The first-order valence-corrected chi connectivity index (χ1v) is 8.97. The number of H-pyrrole nitrogens is 1. The van der Waals surface area contributed by atoms with Crippen LogP contribution in [0.4, 0.5) is 4.39 Å². The Kier molecular flexibility index (Phi) is 4.89. The molecule has 0 spiro atoms. The first kappa shape index (κ1) is 17.9. The number of imidazole rings is 1. The van der Waals surface area contributed by atoms with E-state index in [1.165, 1.54) is 12.1 Å².